The predicted molar refractivity (Wildman–Crippen MR) is 97.8 cm³/mol. The molecule has 1 aromatic rings. The average Bonchev–Trinajstić information content (AvgIpc) is 3.47. The molecule has 5 heteroatoms. The van der Waals surface area contributed by atoms with E-state index in [1.807, 2.05) is 17.9 Å². The number of piperazine rings is 1. The van der Waals surface area contributed by atoms with Crippen LogP contribution in [0.4, 0.5) is 0 Å². The first-order valence-electron chi connectivity index (χ1n) is 9.40. The van der Waals surface area contributed by atoms with E-state index in [1.54, 1.807) is 6.92 Å². The normalized spacial score (nSPS) is 20.8. The minimum absolute atomic E-state index is 0.0195. The molecule has 1 aromatic carbocycles. The molecule has 1 N–H and O–H groups in total. The van der Waals surface area contributed by atoms with Crippen LogP contribution in [0.2, 0.25) is 0 Å². The summed E-state index contributed by atoms with van der Waals surface area (Å²) >= 11 is 0. The van der Waals surface area contributed by atoms with Crippen LogP contribution in [-0.2, 0) is 16.1 Å². The zero-order chi connectivity index (χ0) is 17.8. The van der Waals surface area contributed by atoms with Crippen molar-refractivity contribution < 1.29 is 9.59 Å². The van der Waals surface area contributed by atoms with Crippen molar-refractivity contribution in [3.05, 3.63) is 35.9 Å². The number of benzene rings is 1. The van der Waals surface area contributed by atoms with Crippen LogP contribution in [0.5, 0.6) is 0 Å². The molecule has 0 spiro atoms. The van der Waals surface area contributed by atoms with Crippen molar-refractivity contribution >= 4 is 11.8 Å². The Labute approximate surface area is 150 Å². The smallest absolute Gasteiger partial charge is 0.244 e. The molecule has 2 aliphatic rings. The SMILES string of the molecule is CC(NC(=O)C(C)C1CC1)C(=O)N1CCN(Cc2ccccc2)CC1. The van der Waals surface area contributed by atoms with Gasteiger partial charge in [0.25, 0.3) is 0 Å². The number of nitrogens with one attached hydrogen (secondary N) is 1. The van der Waals surface area contributed by atoms with E-state index in [2.05, 4.69) is 34.5 Å². The van der Waals surface area contributed by atoms with Crippen LogP contribution in [0.1, 0.15) is 32.3 Å². The number of rotatable bonds is 6. The van der Waals surface area contributed by atoms with Crippen LogP contribution in [0.3, 0.4) is 0 Å². The first kappa shape index (κ1) is 17.9. The lowest BCUT2D eigenvalue weighted by Crippen LogP contribution is -2.54. The molecule has 2 amide bonds. The minimum Gasteiger partial charge on any atom is -0.344 e. The van der Waals surface area contributed by atoms with Crippen molar-refractivity contribution in [1.82, 2.24) is 15.1 Å². The summed E-state index contributed by atoms with van der Waals surface area (Å²) < 4.78 is 0. The van der Waals surface area contributed by atoms with Gasteiger partial charge < -0.3 is 10.2 Å². The molecule has 2 fully saturated rings. The van der Waals surface area contributed by atoms with Crippen LogP contribution < -0.4 is 5.32 Å². The molecule has 2 unspecified atom stereocenters. The lowest BCUT2D eigenvalue weighted by Gasteiger charge is -2.36. The van der Waals surface area contributed by atoms with Crippen molar-refractivity contribution in [3.63, 3.8) is 0 Å². The van der Waals surface area contributed by atoms with Gasteiger partial charge in [-0.3, -0.25) is 14.5 Å². The summed E-state index contributed by atoms with van der Waals surface area (Å²) in [7, 11) is 0. The molecule has 0 aromatic heterocycles. The maximum atomic E-state index is 12.6. The summed E-state index contributed by atoms with van der Waals surface area (Å²) in [6.07, 6.45) is 2.28. The van der Waals surface area contributed by atoms with Gasteiger partial charge in [0.2, 0.25) is 11.8 Å². The minimum atomic E-state index is -0.436. The Morgan fingerprint density at radius 2 is 1.72 bits per heavy atom. The molecule has 1 heterocycles. The van der Waals surface area contributed by atoms with Gasteiger partial charge in [-0.1, -0.05) is 37.3 Å². The molecule has 0 bridgehead atoms. The molecule has 25 heavy (non-hydrogen) atoms. The van der Waals surface area contributed by atoms with Gasteiger partial charge in [-0.15, -0.1) is 0 Å². The fraction of sp³-hybridized carbons (Fsp3) is 0.600. The molecule has 1 aliphatic carbocycles. The standard InChI is InChI=1S/C20H29N3O2/c1-15(18-8-9-18)19(24)21-16(2)20(25)23-12-10-22(11-13-23)14-17-6-4-3-5-7-17/h3-7,15-16,18H,8-14H2,1-2H3,(H,21,24). The van der Waals surface area contributed by atoms with Gasteiger partial charge in [-0.2, -0.15) is 0 Å². The zero-order valence-electron chi connectivity index (χ0n) is 15.3. The molecule has 1 aliphatic heterocycles. The highest BCUT2D eigenvalue weighted by molar-refractivity contribution is 5.88. The number of hydrogen-bond acceptors (Lipinski definition) is 3. The summed E-state index contributed by atoms with van der Waals surface area (Å²) in [5.41, 5.74) is 1.30. The Balaban J connectivity index is 1.43. The average molecular weight is 343 g/mol. The fourth-order valence-corrected chi connectivity index (χ4v) is 3.46. The Morgan fingerprint density at radius 1 is 1.08 bits per heavy atom. The molecule has 5 nitrogen and oxygen atoms in total. The molecule has 2 atom stereocenters. The van der Waals surface area contributed by atoms with Crippen molar-refractivity contribution in [1.29, 1.82) is 0 Å². The summed E-state index contributed by atoms with van der Waals surface area (Å²) in [5, 5.41) is 2.91. The maximum Gasteiger partial charge on any atom is 0.244 e. The van der Waals surface area contributed by atoms with Crippen LogP contribution in [0.15, 0.2) is 30.3 Å². The molecule has 0 radical (unpaired) electrons. The van der Waals surface area contributed by atoms with Gasteiger partial charge in [0, 0.05) is 38.6 Å². The molecule has 3 rings (SSSR count). The topological polar surface area (TPSA) is 52.7 Å². The quantitative estimate of drug-likeness (QED) is 0.858. The lowest BCUT2D eigenvalue weighted by molar-refractivity contribution is -0.138. The van der Waals surface area contributed by atoms with Gasteiger partial charge in [-0.25, -0.2) is 0 Å². The highest BCUT2D eigenvalue weighted by Gasteiger charge is 2.34. The first-order chi connectivity index (χ1) is 12.0. The third-order valence-corrected chi connectivity index (χ3v) is 5.40. The number of amides is 2. The van der Waals surface area contributed by atoms with Crippen LogP contribution in [-0.4, -0.2) is 53.8 Å². The third kappa shape index (κ3) is 4.82. The van der Waals surface area contributed by atoms with Gasteiger partial charge in [-0.05, 0) is 31.2 Å². The summed E-state index contributed by atoms with van der Waals surface area (Å²) in [6.45, 7) is 7.89. The Hall–Kier alpha value is -1.88. The Kier molecular flexibility index (Phi) is 5.74. The van der Waals surface area contributed by atoms with E-state index in [0.717, 1.165) is 45.6 Å². The van der Waals surface area contributed by atoms with E-state index < -0.39 is 6.04 Å². The molecular weight excluding hydrogens is 314 g/mol. The predicted octanol–water partition coefficient (Wildman–Crippen LogP) is 1.88. The van der Waals surface area contributed by atoms with Gasteiger partial charge >= 0.3 is 0 Å². The second kappa shape index (κ2) is 8.00. The van der Waals surface area contributed by atoms with E-state index >= 15 is 0 Å². The van der Waals surface area contributed by atoms with E-state index in [4.69, 9.17) is 0 Å². The maximum absolute atomic E-state index is 12.6. The van der Waals surface area contributed by atoms with Crippen molar-refractivity contribution in [3.8, 4) is 0 Å². The van der Waals surface area contributed by atoms with E-state index in [-0.39, 0.29) is 17.7 Å². The summed E-state index contributed by atoms with van der Waals surface area (Å²) in [5.74, 6) is 0.601. The Bertz CT molecular complexity index is 592. The third-order valence-electron chi connectivity index (χ3n) is 5.40. The monoisotopic (exact) mass is 343 g/mol. The van der Waals surface area contributed by atoms with Crippen LogP contribution >= 0.6 is 0 Å². The highest BCUT2D eigenvalue weighted by atomic mass is 16.2. The zero-order valence-corrected chi connectivity index (χ0v) is 15.3. The summed E-state index contributed by atoms with van der Waals surface area (Å²) in [4.78, 5) is 29.0. The van der Waals surface area contributed by atoms with Crippen molar-refractivity contribution in [2.24, 2.45) is 11.8 Å². The van der Waals surface area contributed by atoms with E-state index in [0.29, 0.717) is 5.92 Å². The second-order valence-corrected chi connectivity index (χ2v) is 7.44. The molecule has 1 saturated carbocycles. The number of carbonyl (C=O) groups is 2. The summed E-state index contributed by atoms with van der Waals surface area (Å²) in [6, 6.07) is 9.98. The van der Waals surface area contributed by atoms with Crippen LogP contribution in [0.25, 0.3) is 0 Å². The second-order valence-electron chi connectivity index (χ2n) is 7.44. The van der Waals surface area contributed by atoms with Crippen molar-refractivity contribution in [2.75, 3.05) is 26.2 Å². The van der Waals surface area contributed by atoms with Gasteiger partial charge in [0.05, 0.1) is 0 Å². The number of hydrogen-bond donors (Lipinski definition) is 1. The highest BCUT2D eigenvalue weighted by Crippen LogP contribution is 2.36. The number of carbonyl (C=O) groups excluding carboxylic acids is 2. The van der Waals surface area contributed by atoms with Crippen molar-refractivity contribution in [2.45, 2.75) is 39.3 Å². The Morgan fingerprint density at radius 3 is 2.32 bits per heavy atom. The molecule has 136 valence electrons. The molecule has 1 saturated heterocycles. The largest absolute Gasteiger partial charge is 0.344 e. The lowest BCUT2D eigenvalue weighted by atomic mass is 10.1. The van der Waals surface area contributed by atoms with E-state index in [1.165, 1.54) is 5.56 Å². The molecular formula is C20H29N3O2. The van der Waals surface area contributed by atoms with Gasteiger partial charge in [0.15, 0.2) is 0 Å². The fourth-order valence-electron chi connectivity index (χ4n) is 3.46. The van der Waals surface area contributed by atoms with E-state index in [9.17, 15) is 9.59 Å². The van der Waals surface area contributed by atoms with Crippen LogP contribution in [0, 0.1) is 11.8 Å². The first-order valence-corrected chi connectivity index (χ1v) is 9.40. The van der Waals surface area contributed by atoms with Gasteiger partial charge in [0.1, 0.15) is 6.04 Å². The number of nitrogens with zero attached hydrogens (tertiary/aromatic N) is 2.